The molecule has 0 saturated carbocycles. The Labute approximate surface area is 107 Å². The maximum Gasteiger partial charge on any atom is 0.243 e. The van der Waals surface area contributed by atoms with Gasteiger partial charge in [-0.3, -0.25) is 9.59 Å². The summed E-state index contributed by atoms with van der Waals surface area (Å²) < 4.78 is 0.893. The molecule has 1 aromatic carbocycles. The van der Waals surface area contributed by atoms with E-state index in [1.54, 1.807) is 0 Å². The standard InChI is InChI=1S/C12H11BrN2O2/c13-7-1-2-9-8(5-7)11(16)6-10-12(17)14-3-4-15(9)10/h1-2,5,10H,3-4,6H2,(H,14,17). The summed E-state index contributed by atoms with van der Waals surface area (Å²) in [6, 6.07) is 5.31. The highest BCUT2D eigenvalue weighted by Gasteiger charge is 2.37. The van der Waals surface area contributed by atoms with Crippen LogP contribution in [0.1, 0.15) is 16.8 Å². The van der Waals surface area contributed by atoms with E-state index >= 15 is 0 Å². The largest absolute Gasteiger partial charge is 0.357 e. The topological polar surface area (TPSA) is 49.4 Å². The zero-order valence-electron chi connectivity index (χ0n) is 9.07. The lowest BCUT2D eigenvalue weighted by molar-refractivity contribution is -0.123. The molecule has 0 aliphatic carbocycles. The van der Waals surface area contributed by atoms with Crippen molar-refractivity contribution in [1.82, 2.24) is 5.32 Å². The van der Waals surface area contributed by atoms with Crippen molar-refractivity contribution in [2.45, 2.75) is 12.5 Å². The van der Waals surface area contributed by atoms with Gasteiger partial charge in [0.2, 0.25) is 5.91 Å². The van der Waals surface area contributed by atoms with Crippen molar-refractivity contribution in [3.05, 3.63) is 28.2 Å². The van der Waals surface area contributed by atoms with Crippen molar-refractivity contribution >= 4 is 33.3 Å². The third-order valence-corrected chi connectivity index (χ3v) is 3.77. The number of carbonyl (C=O) groups excluding carboxylic acids is 2. The molecule has 1 unspecified atom stereocenters. The zero-order valence-corrected chi connectivity index (χ0v) is 10.7. The third-order valence-electron chi connectivity index (χ3n) is 3.28. The number of piperazine rings is 1. The number of anilines is 1. The van der Waals surface area contributed by atoms with Gasteiger partial charge < -0.3 is 10.2 Å². The van der Waals surface area contributed by atoms with Crippen LogP contribution in [0.25, 0.3) is 0 Å². The van der Waals surface area contributed by atoms with Crippen molar-refractivity contribution in [3.8, 4) is 0 Å². The number of nitrogens with one attached hydrogen (secondary N) is 1. The van der Waals surface area contributed by atoms with Crippen molar-refractivity contribution in [2.75, 3.05) is 18.0 Å². The van der Waals surface area contributed by atoms with E-state index in [4.69, 9.17) is 0 Å². The van der Waals surface area contributed by atoms with Crippen LogP contribution in [0.3, 0.4) is 0 Å². The summed E-state index contributed by atoms with van der Waals surface area (Å²) in [4.78, 5) is 25.8. The van der Waals surface area contributed by atoms with E-state index in [1.165, 1.54) is 0 Å². The van der Waals surface area contributed by atoms with Crippen LogP contribution in [-0.2, 0) is 4.79 Å². The Bertz CT molecular complexity index is 515. The maximum atomic E-state index is 12.0. The molecule has 2 heterocycles. The average molecular weight is 295 g/mol. The fourth-order valence-corrected chi connectivity index (χ4v) is 2.83. The Kier molecular flexibility index (Phi) is 2.43. The minimum Gasteiger partial charge on any atom is -0.357 e. The van der Waals surface area contributed by atoms with Crippen LogP contribution >= 0.6 is 15.9 Å². The molecule has 88 valence electrons. The van der Waals surface area contributed by atoms with Crippen LogP contribution in [0, 0.1) is 0 Å². The number of fused-ring (bicyclic) bond motifs is 3. The first kappa shape index (κ1) is 10.8. The van der Waals surface area contributed by atoms with Gasteiger partial charge in [0.25, 0.3) is 0 Å². The maximum absolute atomic E-state index is 12.0. The Morgan fingerprint density at radius 3 is 3.00 bits per heavy atom. The van der Waals surface area contributed by atoms with E-state index < -0.39 is 0 Å². The van der Waals surface area contributed by atoms with Gasteiger partial charge >= 0.3 is 0 Å². The van der Waals surface area contributed by atoms with Gasteiger partial charge in [0.05, 0.1) is 0 Å². The van der Waals surface area contributed by atoms with Crippen LogP contribution in [0.2, 0.25) is 0 Å². The van der Waals surface area contributed by atoms with Crippen molar-refractivity contribution in [1.29, 1.82) is 0 Å². The van der Waals surface area contributed by atoms with Gasteiger partial charge in [0, 0.05) is 35.2 Å². The molecule has 1 amide bonds. The number of nitrogens with zero attached hydrogens (tertiary/aromatic N) is 1. The molecule has 1 atom stereocenters. The van der Waals surface area contributed by atoms with Gasteiger partial charge in [-0.05, 0) is 18.2 Å². The molecular formula is C12H11BrN2O2. The summed E-state index contributed by atoms with van der Waals surface area (Å²) in [5.74, 6) is -0.00207. The highest BCUT2D eigenvalue weighted by atomic mass is 79.9. The Morgan fingerprint density at radius 1 is 1.35 bits per heavy atom. The fourth-order valence-electron chi connectivity index (χ4n) is 2.47. The molecule has 4 nitrogen and oxygen atoms in total. The first-order chi connectivity index (χ1) is 8.16. The van der Waals surface area contributed by atoms with Gasteiger partial charge in [-0.1, -0.05) is 15.9 Å². The quantitative estimate of drug-likeness (QED) is 0.786. The molecule has 1 fully saturated rings. The molecule has 3 rings (SSSR count). The Balaban J connectivity index is 2.11. The van der Waals surface area contributed by atoms with E-state index in [9.17, 15) is 9.59 Å². The molecule has 0 radical (unpaired) electrons. The monoisotopic (exact) mass is 294 g/mol. The number of amides is 1. The number of hydrogen-bond donors (Lipinski definition) is 1. The van der Waals surface area contributed by atoms with Crippen LogP contribution < -0.4 is 10.2 Å². The predicted molar refractivity (Wildman–Crippen MR) is 67.2 cm³/mol. The predicted octanol–water partition coefficient (Wildman–Crippen LogP) is 1.34. The van der Waals surface area contributed by atoms with Crippen LogP contribution in [-0.4, -0.2) is 30.8 Å². The normalized spacial score (nSPS) is 22.9. The lowest BCUT2D eigenvalue weighted by atomic mass is 9.93. The average Bonchev–Trinajstić information content (AvgIpc) is 2.31. The molecule has 17 heavy (non-hydrogen) atoms. The third kappa shape index (κ3) is 1.65. The number of halogens is 1. The van der Waals surface area contributed by atoms with Gasteiger partial charge in [-0.25, -0.2) is 0 Å². The summed E-state index contributed by atoms with van der Waals surface area (Å²) in [6.45, 7) is 1.40. The highest BCUT2D eigenvalue weighted by molar-refractivity contribution is 9.10. The van der Waals surface area contributed by atoms with E-state index in [2.05, 4.69) is 21.2 Å². The first-order valence-electron chi connectivity index (χ1n) is 5.54. The lowest BCUT2D eigenvalue weighted by Gasteiger charge is -2.40. The van der Waals surface area contributed by atoms with E-state index in [0.717, 1.165) is 16.7 Å². The van der Waals surface area contributed by atoms with Gasteiger partial charge in [0.15, 0.2) is 5.78 Å². The highest BCUT2D eigenvalue weighted by Crippen LogP contribution is 2.33. The first-order valence-corrected chi connectivity index (χ1v) is 6.33. The smallest absolute Gasteiger partial charge is 0.243 e. The SMILES string of the molecule is O=C1CC2C(=O)NCCN2c2ccc(Br)cc21. The molecule has 2 aliphatic rings. The van der Waals surface area contributed by atoms with E-state index in [1.807, 2.05) is 23.1 Å². The summed E-state index contributed by atoms with van der Waals surface area (Å²) >= 11 is 3.37. The summed E-state index contributed by atoms with van der Waals surface area (Å²) in [5.41, 5.74) is 1.59. The second-order valence-corrected chi connectivity index (χ2v) is 5.20. The van der Waals surface area contributed by atoms with Gasteiger partial charge in [-0.15, -0.1) is 0 Å². The van der Waals surface area contributed by atoms with Crippen molar-refractivity contribution in [2.24, 2.45) is 0 Å². The summed E-state index contributed by atoms with van der Waals surface area (Å²) in [7, 11) is 0. The van der Waals surface area contributed by atoms with E-state index in [-0.39, 0.29) is 24.2 Å². The molecule has 1 N–H and O–H groups in total. The lowest BCUT2D eigenvalue weighted by Crippen LogP contribution is -2.58. The number of ketones is 1. The second kappa shape index (κ2) is 3.84. The second-order valence-electron chi connectivity index (χ2n) is 4.29. The minimum atomic E-state index is -0.329. The number of rotatable bonds is 0. The molecule has 0 bridgehead atoms. The molecule has 1 aromatic rings. The Hall–Kier alpha value is -1.36. The molecule has 0 spiro atoms. The molecule has 1 saturated heterocycles. The number of Topliss-reactive ketones (excluding diaryl/α,β-unsaturated/α-hetero) is 1. The van der Waals surface area contributed by atoms with Crippen molar-refractivity contribution in [3.63, 3.8) is 0 Å². The molecule has 0 aromatic heterocycles. The van der Waals surface area contributed by atoms with Gasteiger partial charge in [0.1, 0.15) is 6.04 Å². The number of benzene rings is 1. The van der Waals surface area contributed by atoms with E-state index in [0.29, 0.717) is 12.1 Å². The molecule has 2 aliphatic heterocycles. The molecule has 5 heteroatoms. The van der Waals surface area contributed by atoms with Gasteiger partial charge in [-0.2, -0.15) is 0 Å². The van der Waals surface area contributed by atoms with Crippen LogP contribution in [0.5, 0.6) is 0 Å². The fraction of sp³-hybridized carbons (Fsp3) is 0.333. The summed E-state index contributed by atoms with van der Waals surface area (Å²) in [5, 5.41) is 2.80. The number of hydrogen-bond acceptors (Lipinski definition) is 3. The minimum absolute atomic E-state index is 0.0413. The Morgan fingerprint density at radius 2 is 2.18 bits per heavy atom. The van der Waals surface area contributed by atoms with Crippen LogP contribution in [0.15, 0.2) is 22.7 Å². The molecular weight excluding hydrogens is 284 g/mol. The van der Waals surface area contributed by atoms with Crippen molar-refractivity contribution < 1.29 is 9.59 Å². The summed E-state index contributed by atoms with van der Waals surface area (Å²) in [6.07, 6.45) is 0.273. The zero-order chi connectivity index (χ0) is 12.0. The van der Waals surface area contributed by atoms with Crippen LogP contribution in [0.4, 0.5) is 5.69 Å². The number of carbonyl (C=O) groups is 2.